The molecule has 152 valence electrons. The highest BCUT2D eigenvalue weighted by Gasteiger charge is 2.29. The molecule has 1 saturated heterocycles. The van der Waals surface area contributed by atoms with Gasteiger partial charge in [0, 0.05) is 24.5 Å². The molecule has 0 aromatic carbocycles. The standard InChI is InChI=1S/C21H29N3O2S2/c1-7-8-24-20(26)17-14(4)15(5)27-18(17)22-21(24)28-16(6)19(25)23-10-12(2)9-13(3)11-23/h7,12-13,16H,1,8-11H2,2-6H3. The summed E-state index contributed by atoms with van der Waals surface area (Å²) in [5.74, 6) is 1.17. The first-order chi connectivity index (χ1) is 13.2. The molecule has 5 nitrogen and oxygen atoms in total. The average molecular weight is 420 g/mol. The minimum absolute atomic E-state index is 0.0471. The number of carbonyl (C=O) groups excluding carboxylic acids is 1. The summed E-state index contributed by atoms with van der Waals surface area (Å²) in [6, 6.07) is 0. The molecule has 3 atom stereocenters. The van der Waals surface area contributed by atoms with E-state index in [0.717, 1.165) is 28.4 Å². The minimum Gasteiger partial charge on any atom is -0.341 e. The van der Waals surface area contributed by atoms with Crippen molar-refractivity contribution in [3.05, 3.63) is 33.4 Å². The van der Waals surface area contributed by atoms with Gasteiger partial charge in [0.05, 0.1) is 10.6 Å². The van der Waals surface area contributed by atoms with E-state index in [1.54, 1.807) is 10.6 Å². The lowest BCUT2D eigenvalue weighted by molar-refractivity contribution is -0.132. The van der Waals surface area contributed by atoms with Crippen LogP contribution in [0.5, 0.6) is 0 Å². The third-order valence-corrected chi connectivity index (χ3v) is 7.55. The van der Waals surface area contributed by atoms with Crippen molar-refractivity contribution in [3.8, 4) is 0 Å². The molecule has 0 N–H and O–H groups in total. The summed E-state index contributed by atoms with van der Waals surface area (Å²) in [6.45, 7) is 16.1. The van der Waals surface area contributed by atoms with Gasteiger partial charge in [-0.25, -0.2) is 4.98 Å². The molecule has 1 amide bonds. The Balaban J connectivity index is 1.92. The minimum atomic E-state index is -0.292. The maximum Gasteiger partial charge on any atom is 0.263 e. The fraction of sp³-hybridized carbons (Fsp3) is 0.571. The molecular formula is C21H29N3O2S2. The van der Waals surface area contributed by atoms with E-state index in [9.17, 15) is 9.59 Å². The van der Waals surface area contributed by atoms with Crippen LogP contribution in [0.3, 0.4) is 0 Å². The number of piperidine rings is 1. The Labute approximate surface area is 174 Å². The quantitative estimate of drug-likeness (QED) is 0.413. The first-order valence-corrected chi connectivity index (χ1v) is 11.5. The summed E-state index contributed by atoms with van der Waals surface area (Å²) in [5.41, 5.74) is 0.946. The van der Waals surface area contributed by atoms with Gasteiger partial charge in [-0.1, -0.05) is 31.7 Å². The van der Waals surface area contributed by atoms with E-state index in [0.29, 0.717) is 28.9 Å². The number of allylic oxidation sites excluding steroid dienone is 1. The molecular weight excluding hydrogens is 390 g/mol. The molecule has 2 aromatic heterocycles. The van der Waals surface area contributed by atoms with Crippen LogP contribution in [0, 0.1) is 25.7 Å². The molecule has 0 saturated carbocycles. The van der Waals surface area contributed by atoms with E-state index in [-0.39, 0.29) is 16.7 Å². The highest BCUT2D eigenvalue weighted by molar-refractivity contribution is 8.00. The number of hydrogen-bond acceptors (Lipinski definition) is 5. The monoisotopic (exact) mass is 419 g/mol. The van der Waals surface area contributed by atoms with Crippen molar-refractivity contribution in [2.45, 2.75) is 58.0 Å². The van der Waals surface area contributed by atoms with Gasteiger partial charge >= 0.3 is 0 Å². The highest BCUT2D eigenvalue weighted by atomic mass is 32.2. The van der Waals surface area contributed by atoms with Gasteiger partial charge in [-0.2, -0.15) is 0 Å². The number of fused-ring (bicyclic) bond motifs is 1. The van der Waals surface area contributed by atoms with Crippen molar-refractivity contribution in [1.29, 1.82) is 0 Å². The zero-order valence-electron chi connectivity index (χ0n) is 17.3. The molecule has 7 heteroatoms. The smallest absolute Gasteiger partial charge is 0.263 e. The number of nitrogens with zero attached hydrogens (tertiary/aromatic N) is 3. The van der Waals surface area contributed by atoms with Crippen molar-refractivity contribution in [2.75, 3.05) is 13.1 Å². The lowest BCUT2D eigenvalue weighted by atomic mass is 9.92. The van der Waals surface area contributed by atoms with E-state index in [1.807, 2.05) is 25.7 Å². The highest BCUT2D eigenvalue weighted by Crippen LogP contribution is 2.31. The zero-order valence-corrected chi connectivity index (χ0v) is 19.0. The van der Waals surface area contributed by atoms with Crippen LogP contribution >= 0.6 is 23.1 Å². The first-order valence-electron chi connectivity index (χ1n) is 9.79. The fourth-order valence-electron chi connectivity index (χ4n) is 4.00. The molecule has 1 aliphatic rings. The molecule has 3 heterocycles. The number of aromatic nitrogens is 2. The molecule has 3 rings (SSSR count). The van der Waals surface area contributed by atoms with Crippen molar-refractivity contribution in [2.24, 2.45) is 11.8 Å². The van der Waals surface area contributed by atoms with Gasteiger partial charge < -0.3 is 4.90 Å². The maximum absolute atomic E-state index is 13.1. The summed E-state index contributed by atoms with van der Waals surface area (Å²) in [6.07, 6.45) is 2.87. The maximum atomic E-state index is 13.1. The summed E-state index contributed by atoms with van der Waals surface area (Å²) in [7, 11) is 0. The van der Waals surface area contributed by atoms with Gasteiger partial charge in [0.25, 0.3) is 5.56 Å². The SMILES string of the molecule is C=CCn1c(SC(C)C(=O)N2CC(C)CC(C)C2)nc2sc(C)c(C)c2c1=O. The predicted molar refractivity (Wildman–Crippen MR) is 118 cm³/mol. The topological polar surface area (TPSA) is 55.2 Å². The van der Waals surface area contributed by atoms with E-state index >= 15 is 0 Å². The van der Waals surface area contributed by atoms with Crippen molar-refractivity contribution in [3.63, 3.8) is 0 Å². The number of rotatable bonds is 5. The summed E-state index contributed by atoms with van der Waals surface area (Å²) in [4.78, 5) is 34.7. The van der Waals surface area contributed by atoms with Crippen LogP contribution in [0.25, 0.3) is 10.2 Å². The van der Waals surface area contributed by atoms with Crippen molar-refractivity contribution in [1.82, 2.24) is 14.5 Å². The van der Waals surface area contributed by atoms with Crippen LogP contribution in [-0.4, -0.2) is 38.7 Å². The van der Waals surface area contributed by atoms with Crippen LogP contribution < -0.4 is 5.56 Å². The molecule has 2 aromatic rings. The second kappa shape index (κ2) is 8.41. The molecule has 1 aliphatic heterocycles. The summed E-state index contributed by atoms with van der Waals surface area (Å²) < 4.78 is 1.64. The Morgan fingerprint density at radius 2 is 2.00 bits per heavy atom. The second-order valence-electron chi connectivity index (χ2n) is 8.01. The lowest BCUT2D eigenvalue weighted by Gasteiger charge is -2.36. The van der Waals surface area contributed by atoms with E-state index in [4.69, 9.17) is 4.98 Å². The number of thiophene rings is 1. The Morgan fingerprint density at radius 3 is 2.61 bits per heavy atom. The number of hydrogen-bond donors (Lipinski definition) is 0. The normalized spacial score (nSPS) is 21.1. The lowest BCUT2D eigenvalue weighted by Crippen LogP contribution is -2.45. The number of carbonyl (C=O) groups is 1. The second-order valence-corrected chi connectivity index (χ2v) is 10.5. The van der Waals surface area contributed by atoms with Crippen molar-refractivity contribution < 1.29 is 4.79 Å². The Hall–Kier alpha value is -1.60. The van der Waals surface area contributed by atoms with Gasteiger partial charge in [-0.3, -0.25) is 14.2 Å². The van der Waals surface area contributed by atoms with Crippen LogP contribution in [-0.2, 0) is 11.3 Å². The molecule has 0 radical (unpaired) electrons. The van der Waals surface area contributed by atoms with Crippen LogP contribution in [0.15, 0.2) is 22.6 Å². The average Bonchev–Trinajstić information content (AvgIpc) is 2.90. The number of likely N-dealkylation sites (tertiary alicyclic amines) is 1. The Bertz CT molecular complexity index is 953. The van der Waals surface area contributed by atoms with Gasteiger partial charge in [-0.15, -0.1) is 17.9 Å². The third-order valence-electron chi connectivity index (χ3n) is 5.38. The largest absolute Gasteiger partial charge is 0.341 e. The van der Waals surface area contributed by atoms with E-state index in [2.05, 4.69) is 20.4 Å². The first kappa shape index (κ1) is 21.1. The molecule has 28 heavy (non-hydrogen) atoms. The molecule has 0 bridgehead atoms. The van der Waals surface area contributed by atoms with Crippen LogP contribution in [0.2, 0.25) is 0 Å². The molecule has 3 unspecified atom stereocenters. The summed E-state index contributed by atoms with van der Waals surface area (Å²) in [5, 5.41) is 0.990. The van der Waals surface area contributed by atoms with Crippen molar-refractivity contribution >= 4 is 39.2 Å². The van der Waals surface area contributed by atoms with Gasteiger partial charge in [0.2, 0.25) is 5.91 Å². The number of thioether (sulfide) groups is 1. The Kier molecular flexibility index (Phi) is 6.34. The summed E-state index contributed by atoms with van der Waals surface area (Å²) >= 11 is 2.92. The number of aryl methyl sites for hydroxylation is 2. The number of amides is 1. The fourth-order valence-corrected chi connectivity index (χ4v) is 6.07. The van der Waals surface area contributed by atoms with E-state index in [1.165, 1.54) is 29.5 Å². The zero-order chi connectivity index (χ0) is 20.6. The molecule has 0 aliphatic carbocycles. The van der Waals surface area contributed by atoms with Gasteiger partial charge in [-0.05, 0) is 44.6 Å². The van der Waals surface area contributed by atoms with Crippen LogP contribution in [0.1, 0.15) is 37.6 Å². The Morgan fingerprint density at radius 1 is 1.36 bits per heavy atom. The van der Waals surface area contributed by atoms with Gasteiger partial charge in [0.15, 0.2) is 5.16 Å². The van der Waals surface area contributed by atoms with Crippen LogP contribution in [0.4, 0.5) is 0 Å². The van der Waals surface area contributed by atoms with Gasteiger partial charge in [0.1, 0.15) is 4.83 Å². The van der Waals surface area contributed by atoms with E-state index < -0.39 is 0 Å². The molecule has 1 fully saturated rings. The third kappa shape index (κ3) is 4.06. The predicted octanol–water partition coefficient (Wildman–Crippen LogP) is 4.25. The molecule has 0 spiro atoms.